The number of rotatable bonds is 12. The molecule has 1 saturated heterocycles. The predicted molar refractivity (Wildman–Crippen MR) is 152 cm³/mol. The van der Waals surface area contributed by atoms with Crippen molar-refractivity contribution in [3.05, 3.63) is 77.2 Å². The molecule has 1 aliphatic heterocycles. The molecule has 2 fully saturated rings. The van der Waals surface area contributed by atoms with Gasteiger partial charge in [0.15, 0.2) is 11.5 Å². The molecule has 1 saturated carbocycles. The second-order valence-corrected chi connectivity index (χ2v) is 11.6. The molecule has 0 spiro atoms. The van der Waals surface area contributed by atoms with Crippen molar-refractivity contribution in [3.63, 3.8) is 0 Å². The van der Waals surface area contributed by atoms with Crippen LogP contribution in [0.5, 0.6) is 17.4 Å². The number of halogens is 2. The SMILES string of the molecule is CC(C)(O)c1ccc([C@@H](Cc2ccc(O[C@@H]3O[C@H](CO)[C@@H](O)[C@H](O)[C@H]3N)nc2)c2ccc(OC(F)F)c(OC3CC3)c2)cn1. The van der Waals surface area contributed by atoms with E-state index < -0.39 is 49.5 Å². The van der Waals surface area contributed by atoms with E-state index in [0.717, 1.165) is 29.5 Å². The Bertz CT molecular complexity index is 1380. The van der Waals surface area contributed by atoms with Crippen LogP contribution >= 0.6 is 0 Å². The van der Waals surface area contributed by atoms with Crippen LogP contribution in [0.15, 0.2) is 54.9 Å². The molecule has 0 bridgehead atoms. The van der Waals surface area contributed by atoms with Crippen molar-refractivity contribution in [2.24, 2.45) is 5.73 Å². The van der Waals surface area contributed by atoms with Crippen molar-refractivity contribution in [1.29, 1.82) is 0 Å². The molecule has 238 valence electrons. The lowest BCUT2D eigenvalue weighted by molar-refractivity contribution is -0.240. The average Bonchev–Trinajstić information content (AvgIpc) is 3.81. The highest BCUT2D eigenvalue weighted by Gasteiger charge is 2.43. The van der Waals surface area contributed by atoms with Crippen LogP contribution in [0.4, 0.5) is 8.78 Å². The second kappa shape index (κ2) is 13.3. The van der Waals surface area contributed by atoms with E-state index in [1.807, 2.05) is 6.07 Å². The molecule has 44 heavy (non-hydrogen) atoms. The van der Waals surface area contributed by atoms with Crippen LogP contribution in [0.1, 0.15) is 55.0 Å². The molecule has 2 aromatic heterocycles. The van der Waals surface area contributed by atoms with E-state index in [-0.39, 0.29) is 29.4 Å². The Morgan fingerprint density at radius 2 is 1.73 bits per heavy atom. The van der Waals surface area contributed by atoms with Crippen LogP contribution in [0.2, 0.25) is 0 Å². The summed E-state index contributed by atoms with van der Waals surface area (Å²) < 4.78 is 48.1. The number of aliphatic hydroxyl groups excluding tert-OH is 3. The largest absolute Gasteiger partial charge is 0.487 e. The fraction of sp³-hybridized carbons (Fsp3) is 0.484. The summed E-state index contributed by atoms with van der Waals surface area (Å²) in [5.74, 6) is 0.0230. The van der Waals surface area contributed by atoms with Crippen LogP contribution in [-0.4, -0.2) is 80.4 Å². The molecule has 2 aliphatic rings. The molecule has 5 rings (SSSR count). The van der Waals surface area contributed by atoms with E-state index in [4.69, 9.17) is 24.7 Å². The van der Waals surface area contributed by atoms with Gasteiger partial charge in [0, 0.05) is 24.4 Å². The van der Waals surface area contributed by atoms with Gasteiger partial charge in [0.05, 0.1) is 24.4 Å². The van der Waals surface area contributed by atoms with Gasteiger partial charge < -0.3 is 45.1 Å². The highest BCUT2D eigenvalue weighted by Crippen LogP contribution is 2.39. The number of ether oxygens (including phenoxy) is 4. The van der Waals surface area contributed by atoms with Gasteiger partial charge in [-0.1, -0.05) is 18.2 Å². The Hall–Kier alpha value is -3.46. The first kappa shape index (κ1) is 31.9. The van der Waals surface area contributed by atoms with Crippen LogP contribution in [0.3, 0.4) is 0 Å². The number of aliphatic hydroxyl groups is 4. The Morgan fingerprint density at radius 3 is 2.32 bits per heavy atom. The first-order valence-corrected chi connectivity index (χ1v) is 14.4. The molecule has 3 heterocycles. The molecule has 0 radical (unpaired) electrons. The summed E-state index contributed by atoms with van der Waals surface area (Å²) in [6.07, 6.45) is 0.356. The molecular weight excluding hydrogens is 580 g/mol. The van der Waals surface area contributed by atoms with Crippen LogP contribution in [0.25, 0.3) is 0 Å². The molecule has 6 N–H and O–H groups in total. The van der Waals surface area contributed by atoms with Gasteiger partial charge in [-0.2, -0.15) is 8.78 Å². The number of alkyl halides is 2. The zero-order valence-electron chi connectivity index (χ0n) is 24.3. The summed E-state index contributed by atoms with van der Waals surface area (Å²) in [5, 5.41) is 40.1. The average molecular weight is 618 g/mol. The van der Waals surface area contributed by atoms with Crippen molar-refractivity contribution < 1.29 is 48.2 Å². The van der Waals surface area contributed by atoms with E-state index in [1.54, 1.807) is 56.6 Å². The number of nitrogens with zero attached hydrogens (tertiary/aromatic N) is 2. The lowest BCUT2D eigenvalue weighted by atomic mass is 9.86. The Kier molecular flexibility index (Phi) is 9.63. The maximum atomic E-state index is 13.1. The third-order valence-electron chi connectivity index (χ3n) is 7.62. The van der Waals surface area contributed by atoms with Gasteiger partial charge in [-0.25, -0.2) is 4.98 Å². The minimum absolute atomic E-state index is 0.0442. The van der Waals surface area contributed by atoms with E-state index >= 15 is 0 Å². The lowest BCUT2D eigenvalue weighted by Crippen LogP contribution is -2.63. The molecule has 1 aromatic carbocycles. The maximum absolute atomic E-state index is 13.1. The number of aromatic nitrogens is 2. The summed E-state index contributed by atoms with van der Waals surface area (Å²) in [6.45, 7) is -0.251. The van der Waals surface area contributed by atoms with E-state index in [2.05, 4.69) is 9.97 Å². The normalized spacial score (nSPS) is 24.6. The van der Waals surface area contributed by atoms with Crippen molar-refractivity contribution >= 4 is 0 Å². The smallest absolute Gasteiger partial charge is 0.387 e. The van der Waals surface area contributed by atoms with Crippen LogP contribution < -0.4 is 19.9 Å². The van der Waals surface area contributed by atoms with E-state index in [9.17, 15) is 29.2 Å². The van der Waals surface area contributed by atoms with Gasteiger partial charge in [-0.05, 0) is 68.0 Å². The predicted octanol–water partition coefficient (Wildman–Crippen LogP) is 2.37. The number of hydrogen-bond donors (Lipinski definition) is 5. The van der Waals surface area contributed by atoms with Crippen molar-refractivity contribution in [3.8, 4) is 17.4 Å². The highest BCUT2D eigenvalue weighted by molar-refractivity contribution is 5.47. The van der Waals surface area contributed by atoms with Gasteiger partial charge >= 0.3 is 6.61 Å². The molecule has 6 atom stereocenters. The minimum Gasteiger partial charge on any atom is -0.487 e. The number of nitrogens with two attached hydrogens (primary N) is 1. The van der Waals surface area contributed by atoms with Crippen LogP contribution in [0, 0.1) is 0 Å². The second-order valence-electron chi connectivity index (χ2n) is 11.6. The molecule has 0 unspecified atom stereocenters. The van der Waals surface area contributed by atoms with Crippen molar-refractivity contribution in [2.75, 3.05) is 6.61 Å². The number of pyridine rings is 2. The zero-order valence-corrected chi connectivity index (χ0v) is 24.3. The monoisotopic (exact) mass is 617 g/mol. The molecule has 1 aliphatic carbocycles. The number of benzene rings is 1. The van der Waals surface area contributed by atoms with Gasteiger partial charge in [-0.3, -0.25) is 4.98 Å². The summed E-state index contributed by atoms with van der Waals surface area (Å²) in [5.41, 5.74) is 7.70. The molecule has 0 amide bonds. The molecule has 13 heteroatoms. The Labute approximate surface area is 253 Å². The summed E-state index contributed by atoms with van der Waals surface area (Å²) in [6, 6.07) is 10.8. The first-order valence-electron chi connectivity index (χ1n) is 14.4. The van der Waals surface area contributed by atoms with Gasteiger partial charge in [0.1, 0.15) is 23.9 Å². The Balaban J connectivity index is 1.40. The standard InChI is InChI=1S/C31H37F2N3O8/c1-31(2,40)24-9-5-18(14-35-24)20(17-4-8-21(43-30(32)33)22(12-17)41-19-6-7-19)11-16-3-10-25(36-13-16)44-29-26(34)28(39)27(38)23(15-37)42-29/h3-5,8-10,12-14,19-20,23,26-30,37-40H,6-7,11,15,34H2,1-2H3/t20-,23+,26+,27+,28+,29-/m0/s1. The van der Waals surface area contributed by atoms with Gasteiger partial charge in [0.2, 0.25) is 12.2 Å². The Morgan fingerprint density at radius 1 is 0.977 bits per heavy atom. The van der Waals surface area contributed by atoms with E-state index in [1.165, 1.54) is 6.07 Å². The van der Waals surface area contributed by atoms with Gasteiger partial charge in [0.25, 0.3) is 0 Å². The maximum Gasteiger partial charge on any atom is 0.387 e. The fourth-order valence-electron chi connectivity index (χ4n) is 4.96. The van der Waals surface area contributed by atoms with Gasteiger partial charge in [-0.15, -0.1) is 0 Å². The third-order valence-corrected chi connectivity index (χ3v) is 7.62. The molecule has 3 aromatic rings. The lowest BCUT2D eigenvalue weighted by Gasteiger charge is -2.40. The fourth-order valence-corrected chi connectivity index (χ4v) is 4.96. The highest BCUT2D eigenvalue weighted by atomic mass is 19.3. The molecular formula is C31H37F2N3O8. The zero-order chi connectivity index (χ0) is 31.6. The first-order chi connectivity index (χ1) is 20.9. The summed E-state index contributed by atoms with van der Waals surface area (Å²) >= 11 is 0. The molecule has 11 nitrogen and oxygen atoms in total. The number of hydrogen-bond acceptors (Lipinski definition) is 11. The summed E-state index contributed by atoms with van der Waals surface area (Å²) in [4.78, 5) is 8.82. The topological polar surface area (TPSA) is 170 Å². The minimum atomic E-state index is -3.00. The van der Waals surface area contributed by atoms with Crippen molar-refractivity contribution in [2.45, 2.75) is 88.0 Å². The third kappa shape index (κ3) is 7.60. The summed E-state index contributed by atoms with van der Waals surface area (Å²) in [7, 11) is 0. The quantitative estimate of drug-likeness (QED) is 0.202. The van der Waals surface area contributed by atoms with Crippen molar-refractivity contribution in [1.82, 2.24) is 9.97 Å². The van der Waals surface area contributed by atoms with E-state index in [0.29, 0.717) is 12.1 Å². The van der Waals surface area contributed by atoms with Crippen LogP contribution in [-0.2, 0) is 16.8 Å².